The Balaban J connectivity index is 1.49. The lowest BCUT2D eigenvalue weighted by Gasteiger charge is -2.31. The normalized spacial score (nSPS) is 14.7. The summed E-state index contributed by atoms with van der Waals surface area (Å²) in [5, 5.41) is 2.96. The van der Waals surface area contributed by atoms with Crippen LogP contribution in [0.1, 0.15) is 48.2 Å². The SMILES string of the molecule is CC(C)NC(=O)c1cccc2c1CCCN2C(=O)CCc1ccc2c(c1)OCO2. The topological polar surface area (TPSA) is 67.9 Å². The van der Waals surface area contributed by atoms with Crippen molar-refractivity contribution in [2.45, 2.75) is 45.6 Å². The number of ether oxygens (including phenoxy) is 2. The molecular formula is C23H26N2O4. The molecule has 29 heavy (non-hydrogen) atoms. The Morgan fingerprint density at radius 2 is 1.97 bits per heavy atom. The van der Waals surface area contributed by atoms with E-state index >= 15 is 0 Å². The molecule has 2 aliphatic heterocycles. The van der Waals surface area contributed by atoms with Gasteiger partial charge in [0.05, 0.1) is 0 Å². The summed E-state index contributed by atoms with van der Waals surface area (Å²) < 4.78 is 10.8. The number of carbonyl (C=O) groups is 2. The molecule has 2 amide bonds. The summed E-state index contributed by atoms with van der Waals surface area (Å²) in [5.41, 5.74) is 3.55. The number of hydrogen-bond donors (Lipinski definition) is 1. The molecule has 0 aromatic heterocycles. The second kappa shape index (κ2) is 8.15. The number of anilines is 1. The zero-order valence-electron chi connectivity index (χ0n) is 16.9. The van der Waals surface area contributed by atoms with Crippen LogP contribution in [0.2, 0.25) is 0 Å². The summed E-state index contributed by atoms with van der Waals surface area (Å²) >= 11 is 0. The lowest BCUT2D eigenvalue weighted by atomic mass is 9.95. The molecule has 0 spiro atoms. The maximum absolute atomic E-state index is 13.0. The van der Waals surface area contributed by atoms with Crippen molar-refractivity contribution in [2.24, 2.45) is 0 Å². The number of hydrogen-bond acceptors (Lipinski definition) is 4. The van der Waals surface area contributed by atoms with Gasteiger partial charge in [-0.25, -0.2) is 0 Å². The predicted octanol–water partition coefficient (Wildman–Crippen LogP) is 3.47. The summed E-state index contributed by atoms with van der Waals surface area (Å²) in [6.07, 6.45) is 2.70. The molecule has 0 unspecified atom stereocenters. The van der Waals surface area contributed by atoms with Crippen LogP contribution in [0.5, 0.6) is 11.5 Å². The monoisotopic (exact) mass is 394 g/mol. The van der Waals surface area contributed by atoms with Gasteiger partial charge in [-0.3, -0.25) is 9.59 Å². The van der Waals surface area contributed by atoms with Crippen LogP contribution in [0, 0.1) is 0 Å². The van der Waals surface area contributed by atoms with Crippen LogP contribution in [-0.2, 0) is 17.6 Å². The molecule has 0 atom stereocenters. The zero-order chi connectivity index (χ0) is 20.4. The minimum absolute atomic E-state index is 0.0707. The van der Waals surface area contributed by atoms with Crippen LogP contribution < -0.4 is 19.7 Å². The van der Waals surface area contributed by atoms with Gasteiger partial charge < -0.3 is 19.7 Å². The first kappa shape index (κ1) is 19.3. The number of carbonyl (C=O) groups excluding carboxylic acids is 2. The van der Waals surface area contributed by atoms with Crippen LogP contribution in [0.4, 0.5) is 5.69 Å². The van der Waals surface area contributed by atoms with E-state index in [2.05, 4.69) is 5.32 Å². The largest absolute Gasteiger partial charge is 0.454 e. The maximum atomic E-state index is 13.0. The van der Waals surface area contributed by atoms with Gasteiger partial charge in [0.2, 0.25) is 12.7 Å². The van der Waals surface area contributed by atoms with E-state index in [1.54, 1.807) is 0 Å². The van der Waals surface area contributed by atoms with Gasteiger partial charge in [0.25, 0.3) is 5.91 Å². The van der Waals surface area contributed by atoms with E-state index in [1.807, 2.05) is 55.1 Å². The number of fused-ring (bicyclic) bond motifs is 2. The average molecular weight is 394 g/mol. The van der Waals surface area contributed by atoms with Crippen LogP contribution in [0.3, 0.4) is 0 Å². The van der Waals surface area contributed by atoms with E-state index < -0.39 is 0 Å². The average Bonchev–Trinajstić information content (AvgIpc) is 3.18. The molecule has 6 nitrogen and oxygen atoms in total. The molecule has 0 bridgehead atoms. The molecule has 0 radical (unpaired) electrons. The standard InChI is InChI=1S/C23H26N2O4/c1-15(2)24-23(27)18-5-3-7-19-17(18)6-4-12-25(19)22(26)11-9-16-8-10-20-21(13-16)29-14-28-20/h3,5,7-8,10,13,15H,4,6,9,11-12,14H2,1-2H3,(H,24,27). The molecule has 0 fully saturated rings. The Morgan fingerprint density at radius 1 is 1.14 bits per heavy atom. The van der Waals surface area contributed by atoms with Gasteiger partial charge in [0, 0.05) is 30.3 Å². The Morgan fingerprint density at radius 3 is 2.79 bits per heavy atom. The zero-order valence-corrected chi connectivity index (χ0v) is 16.9. The fourth-order valence-electron chi connectivity index (χ4n) is 3.92. The van der Waals surface area contributed by atoms with Crippen molar-refractivity contribution in [2.75, 3.05) is 18.2 Å². The minimum Gasteiger partial charge on any atom is -0.454 e. The third-order valence-electron chi connectivity index (χ3n) is 5.28. The predicted molar refractivity (Wildman–Crippen MR) is 111 cm³/mol. The second-order valence-electron chi connectivity index (χ2n) is 7.77. The molecule has 2 aromatic rings. The van der Waals surface area contributed by atoms with Crippen LogP contribution in [0.25, 0.3) is 0 Å². The Kier molecular flexibility index (Phi) is 5.43. The van der Waals surface area contributed by atoms with Crippen LogP contribution in [0.15, 0.2) is 36.4 Å². The van der Waals surface area contributed by atoms with E-state index in [1.165, 1.54) is 0 Å². The van der Waals surface area contributed by atoms with Crippen molar-refractivity contribution < 1.29 is 19.1 Å². The highest BCUT2D eigenvalue weighted by Gasteiger charge is 2.26. The third-order valence-corrected chi connectivity index (χ3v) is 5.28. The van der Waals surface area contributed by atoms with Gasteiger partial charge in [-0.1, -0.05) is 12.1 Å². The van der Waals surface area contributed by atoms with Gasteiger partial charge in [-0.15, -0.1) is 0 Å². The first-order valence-corrected chi connectivity index (χ1v) is 10.1. The summed E-state index contributed by atoms with van der Waals surface area (Å²) in [5.74, 6) is 1.48. The van der Waals surface area contributed by atoms with Crippen molar-refractivity contribution in [1.29, 1.82) is 0 Å². The lowest BCUT2D eigenvalue weighted by Crippen LogP contribution is -2.37. The molecule has 0 saturated heterocycles. The molecule has 2 heterocycles. The maximum Gasteiger partial charge on any atom is 0.251 e. The molecule has 2 aromatic carbocycles. The van der Waals surface area contributed by atoms with Crippen molar-refractivity contribution in [1.82, 2.24) is 5.32 Å². The van der Waals surface area contributed by atoms with Gasteiger partial charge in [-0.05, 0) is 68.5 Å². The Labute approximate surface area is 170 Å². The van der Waals surface area contributed by atoms with Gasteiger partial charge in [0.1, 0.15) is 0 Å². The first-order chi connectivity index (χ1) is 14.0. The second-order valence-corrected chi connectivity index (χ2v) is 7.77. The highest BCUT2D eigenvalue weighted by atomic mass is 16.7. The number of nitrogens with one attached hydrogen (secondary N) is 1. The quantitative estimate of drug-likeness (QED) is 0.843. The van der Waals surface area contributed by atoms with Gasteiger partial charge in [0.15, 0.2) is 11.5 Å². The highest BCUT2D eigenvalue weighted by molar-refractivity contribution is 6.01. The number of nitrogens with zero attached hydrogens (tertiary/aromatic N) is 1. The fourth-order valence-corrected chi connectivity index (χ4v) is 3.92. The van der Waals surface area contributed by atoms with Crippen LogP contribution >= 0.6 is 0 Å². The molecule has 0 aliphatic carbocycles. The number of benzene rings is 2. The fraction of sp³-hybridized carbons (Fsp3) is 0.391. The number of amides is 2. The van der Waals surface area contributed by atoms with Crippen molar-refractivity contribution in [3.8, 4) is 11.5 Å². The van der Waals surface area contributed by atoms with Gasteiger partial charge >= 0.3 is 0 Å². The van der Waals surface area contributed by atoms with E-state index in [0.717, 1.165) is 41.2 Å². The van der Waals surface area contributed by atoms with Crippen molar-refractivity contribution in [3.63, 3.8) is 0 Å². The first-order valence-electron chi connectivity index (χ1n) is 10.1. The summed E-state index contributed by atoms with van der Waals surface area (Å²) in [4.78, 5) is 27.4. The van der Waals surface area contributed by atoms with E-state index in [9.17, 15) is 9.59 Å². The van der Waals surface area contributed by atoms with Crippen LogP contribution in [-0.4, -0.2) is 31.2 Å². The molecule has 6 heteroatoms. The van der Waals surface area contributed by atoms with Crippen molar-refractivity contribution >= 4 is 17.5 Å². The molecule has 0 saturated carbocycles. The highest BCUT2D eigenvalue weighted by Crippen LogP contribution is 2.33. The number of rotatable bonds is 5. The molecule has 1 N–H and O–H groups in total. The van der Waals surface area contributed by atoms with E-state index in [4.69, 9.17) is 9.47 Å². The number of aryl methyl sites for hydroxylation is 1. The summed E-state index contributed by atoms with van der Waals surface area (Å²) in [6, 6.07) is 11.5. The summed E-state index contributed by atoms with van der Waals surface area (Å²) in [7, 11) is 0. The van der Waals surface area contributed by atoms with E-state index in [0.29, 0.717) is 24.9 Å². The van der Waals surface area contributed by atoms with Crippen molar-refractivity contribution in [3.05, 3.63) is 53.1 Å². The van der Waals surface area contributed by atoms with E-state index in [-0.39, 0.29) is 24.6 Å². The van der Waals surface area contributed by atoms with Gasteiger partial charge in [-0.2, -0.15) is 0 Å². The summed E-state index contributed by atoms with van der Waals surface area (Å²) in [6.45, 7) is 4.82. The Bertz CT molecular complexity index is 938. The molecular weight excluding hydrogens is 368 g/mol. The third kappa shape index (κ3) is 4.06. The lowest BCUT2D eigenvalue weighted by molar-refractivity contribution is -0.118. The Hall–Kier alpha value is -3.02. The minimum atomic E-state index is -0.0773. The molecule has 4 rings (SSSR count). The molecule has 2 aliphatic rings. The smallest absolute Gasteiger partial charge is 0.251 e. The molecule has 152 valence electrons.